The van der Waals surface area contributed by atoms with Gasteiger partial charge in [-0.25, -0.2) is 4.98 Å². The molecule has 1 heterocycles. The van der Waals surface area contributed by atoms with Gasteiger partial charge in [0.05, 0.1) is 17.1 Å². The highest BCUT2D eigenvalue weighted by Gasteiger charge is 2.51. The summed E-state index contributed by atoms with van der Waals surface area (Å²) in [4.78, 5) is 20.7. The number of hydrogen-bond acceptors (Lipinski definition) is 3. The lowest BCUT2D eigenvalue weighted by atomic mass is 9.48. The molecule has 6 rings (SSSR count). The molecule has 0 aliphatic heterocycles. The summed E-state index contributed by atoms with van der Waals surface area (Å²) in [6.45, 7) is 0. The highest BCUT2D eigenvalue weighted by atomic mass is 16.1. The van der Waals surface area contributed by atoms with Crippen LogP contribution in [0.4, 0.5) is 0 Å². The maximum atomic E-state index is 13.1. The van der Waals surface area contributed by atoms with Crippen molar-refractivity contribution >= 4 is 16.8 Å². The Morgan fingerprint density at radius 3 is 2.44 bits per heavy atom. The first-order valence-corrected chi connectivity index (χ1v) is 9.51. The van der Waals surface area contributed by atoms with Gasteiger partial charge in [0.2, 0.25) is 0 Å². The van der Waals surface area contributed by atoms with Gasteiger partial charge in [0.15, 0.2) is 11.7 Å². The minimum atomic E-state index is -0.764. The number of ketones is 1. The maximum absolute atomic E-state index is 13.1. The molecular weight excluding hydrogens is 310 g/mol. The fraction of sp³-hybridized carbons (Fsp3) is 0.571. The first kappa shape index (κ1) is 15.1. The van der Waals surface area contributed by atoms with Crippen LogP contribution >= 0.6 is 0 Å². The predicted octanol–water partition coefficient (Wildman–Crippen LogP) is 4.35. The van der Waals surface area contributed by atoms with Gasteiger partial charge in [0.1, 0.15) is 5.82 Å². The third-order valence-electron chi connectivity index (χ3n) is 6.85. The fourth-order valence-electron chi connectivity index (χ4n) is 6.37. The molecule has 2 aromatic rings. The zero-order valence-electron chi connectivity index (χ0n) is 14.4. The van der Waals surface area contributed by atoms with E-state index in [2.05, 4.69) is 16.0 Å². The van der Waals surface area contributed by atoms with Crippen LogP contribution in [0.15, 0.2) is 24.3 Å². The molecular formula is C21H23N3O. The van der Waals surface area contributed by atoms with E-state index in [4.69, 9.17) is 0 Å². The van der Waals surface area contributed by atoms with E-state index >= 15 is 0 Å². The van der Waals surface area contributed by atoms with Crippen LogP contribution in [0.3, 0.4) is 0 Å². The quantitative estimate of drug-likeness (QED) is 0.904. The van der Waals surface area contributed by atoms with Crippen molar-refractivity contribution in [2.75, 3.05) is 0 Å². The maximum Gasteiger partial charge on any atom is 0.162 e. The number of para-hydroxylation sites is 2. The van der Waals surface area contributed by atoms with Crippen LogP contribution in [-0.4, -0.2) is 15.8 Å². The molecule has 4 fully saturated rings. The van der Waals surface area contributed by atoms with Crippen molar-refractivity contribution in [3.8, 4) is 6.07 Å². The molecule has 4 saturated carbocycles. The van der Waals surface area contributed by atoms with Crippen molar-refractivity contribution < 1.29 is 4.79 Å². The minimum absolute atomic E-state index is 0.0588. The SMILES string of the molecule is N#CC(C(=O)CC12CC3CC(CC(C3)C1)C2)c1nc2ccccc2[nH]1. The van der Waals surface area contributed by atoms with Crippen molar-refractivity contribution in [1.82, 2.24) is 9.97 Å². The van der Waals surface area contributed by atoms with Gasteiger partial charge in [-0.2, -0.15) is 5.26 Å². The van der Waals surface area contributed by atoms with Crippen LogP contribution < -0.4 is 0 Å². The Kier molecular flexibility index (Phi) is 3.28. The molecule has 128 valence electrons. The van der Waals surface area contributed by atoms with E-state index < -0.39 is 5.92 Å². The van der Waals surface area contributed by atoms with Crippen molar-refractivity contribution in [2.24, 2.45) is 23.2 Å². The summed E-state index contributed by atoms with van der Waals surface area (Å²) in [6.07, 6.45) is 8.27. The Labute approximate surface area is 147 Å². The van der Waals surface area contributed by atoms with Crippen LogP contribution in [0.2, 0.25) is 0 Å². The lowest BCUT2D eigenvalue weighted by Crippen LogP contribution is -2.47. The summed E-state index contributed by atoms with van der Waals surface area (Å²) >= 11 is 0. The third-order valence-corrected chi connectivity index (χ3v) is 6.85. The van der Waals surface area contributed by atoms with E-state index in [1.807, 2.05) is 24.3 Å². The number of imidazole rings is 1. The second-order valence-electron chi connectivity index (χ2n) is 8.76. The number of rotatable bonds is 4. The van der Waals surface area contributed by atoms with Crippen LogP contribution in [-0.2, 0) is 4.79 Å². The van der Waals surface area contributed by atoms with Crippen LogP contribution in [0.25, 0.3) is 11.0 Å². The number of nitrogens with one attached hydrogen (secondary N) is 1. The Bertz CT molecular complexity index is 806. The summed E-state index contributed by atoms with van der Waals surface area (Å²) in [7, 11) is 0. The van der Waals surface area contributed by atoms with Crippen molar-refractivity contribution in [2.45, 2.75) is 50.9 Å². The standard InChI is InChI=1S/C21H23N3O/c22-12-16(20-23-17-3-1-2-4-18(17)24-20)19(25)11-21-8-13-5-14(9-21)7-15(6-13)10-21/h1-4,13-16H,5-11H2,(H,23,24). The van der Waals surface area contributed by atoms with E-state index in [9.17, 15) is 10.1 Å². The Morgan fingerprint density at radius 2 is 1.84 bits per heavy atom. The van der Waals surface area contributed by atoms with Crippen LogP contribution in [0.1, 0.15) is 56.7 Å². The summed E-state index contributed by atoms with van der Waals surface area (Å²) in [5.41, 5.74) is 1.88. The van der Waals surface area contributed by atoms with Gasteiger partial charge in [-0.3, -0.25) is 4.79 Å². The van der Waals surface area contributed by atoms with Gasteiger partial charge >= 0.3 is 0 Å². The summed E-state index contributed by atoms with van der Waals surface area (Å²) in [5.74, 6) is 2.28. The Balaban J connectivity index is 1.40. The zero-order valence-corrected chi connectivity index (χ0v) is 14.4. The van der Waals surface area contributed by atoms with Gasteiger partial charge in [0.25, 0.3) is 0 Å². The number of aromatic amines is 1. The molecule has 0 amide bonds. The molecule has 25 heavy (non-hydrogen) atoms. The second kappa shape index (κ2) is 5.42. The van der Waals surface area contributed by atoms with E-state index in [1.54, 1.807) is 0 Å². The molecule has 4 aliphatic carbocycles. The molecule has 1 aromatic carbocycles. The molecule has 0 radical (unpaired) electrons. The number of nitriles is 1. The number of carbonyl (C=O) groups is 1. The fourth-order valence-corrected chi connectivity index (χ4v) is 6.37. The molecule has 1 atom stereocenters. The number of carbonyl (C=O) groups excluding carboxylic acids is 1. The van der Waals surface area contributed by atoms with Crippen LogP contribution in [0, 0.1) is 34.5 Å². The molecule has 4 nitrogen and oxygen atoms in total. The number of fused-ring (bicyclic) bond motifs is 1. The van der Waals surface area contributed by atoms with Crippen LogP contribution in [0.5, 0.6) is 0 Å². The van der Waals surface area contributed by atoms with E-state index in [0.717, 1.165) is 28.8 Å². The Hall–Kier alpha value is -2.15. The van der Waals surface area contributed by atoms with Gasteiger partial charge in [-0.1, -0.05) is 12.1 Å². The number of aromatic nitrogens is 2. The van der Waals surface area contributed by atoms with Gasteiger partial charge in [-0.05, 0) is 73.8 Å². The number of nitrogens with zero attached hydrogens (tertiary/aromatic N) is 2. The number of hydrogen-bond donors (Lipinski definition) is 1. The number of benzene rings is 1. The van der Waals surface area contributed by atoms with Crippen molar-refractivity contribution in [1.29, 1.82) is 5.26 Å². The van der Waals surface area contributed by atoms with E-state index in [-0.39, 0.29) is 11.2 Å². The highest BCUT2D eigenvalue weighted by Crippen LogP contribution is 2.61. The summed E-state index contributed by atoms with van der Waals surface area (Å²) in [6, 6.07) is 9.92. The number of H-pyrrole nitrogens is 1. The smallest absolute Gasteiger partial charge is 0.162 e. The van der Waals surface area contributed by atoms with E-state index in [0.29, 0.717) is 12.2 Å². The van der Waals surface area contributed by atoms with Gasteiger partial charge in [0, 0.05) is 6.42 Å². The number of Topliss-reactive ketones (excluding diaryl/α,β-unsaturated/α-hetero) is 1. The summed E-state index contributed by atoms with van der Waals surface area (Å²) in [5, 5.41) is 9.66. The monoisotopic (exact) mass is 333 g/mol. The first-order valence-electron chi connectivity index (χ1n) is 9.51. The lowest BCUT2D eigenvalue weighted by Gasteiger charge is -2.56. The largest absolute Gasteiger partial charge is 0.340 e. The summed E-state index contributed by atoms with van der Waals surface area (Å²) < 4.78 is 0. The Morgan fingerprint density at radius 1 is 1.20 bits per heavy atom. The van der Waals surface area contributed by atoms with Crippen molar-refractivity contribution in [3.05, 3.63) is 30.1 Å². The third kappa shape index (κ3) is 2.49. The minimum Gasteiger partial charge on any atom is -0.340 e. The molecule has 4 bridgehead atoms. The average Bonchev–Trinajstić information content (AvgIpc) is 2.97. The molecule has 1 unspecified atom stereocenters. The molecule has 0 spiro atoms. The molecule has 4 heteroatoms. The first-order chi connectivity index (χ1) is 12.1. The predicted molar refractivity (Wildman–Crippen MR) is 94.7 cm³/mol. The average molecular weight is 333 g/mol. The molecule has 4 aliphatic rings. The topological polar surface area (TPSA) is 69.5 Å². The molecule has 0 saturated heterocycles. The molecule has 1 aromatic heterocycles. The highest BCUT2D eigenvalue weighted by molar-refractivity contribution is 5.89. The molecule has 1 N–H and O–H groups in total. The van der Waals surface area contributed by atoms with Gasteiger partial charge in [-0.15, -0.1) is 0 Å². The zero-order chi connectivity index (χ0) is 17.0. The normalized spacial score (nSPS) is 34.1. The van der Waals surface area contributed by atoms with Crippen molar-refractivity contribution in [3.63, 3.8) is 0 Å². The second-order valence-corrected chi connectivity index (χ2v) is 8.76. The lowest BCUT2D eigenvalue weighted by molar-refractivity contribution is -0.127. The van der Waals surface area contributed by atoms with E-state index in [1.165, 1.54) is 38.5 Å². The van der Waals surface area contributed by atoms with Gasteiger partial charge < -0.3 is 4.98 Å².